The minimum Gasteiger partial charge on any atom is -0.415 e. The lowest BCUT2D eigenvalue weighted by Crippen LogP contribution is -2.50. The third kappa shape index (κ3) is 7.44. The summed E-state index contributed by atoms with van der Waals surface area (Å²) >= 11 is 1.45. The highest BCUT2D eigenvalue weighted by atomic mass is 32.2. The van der Waals surface area contributed by atoms with Crippen LogP contribution >= 0.6 is 11.8 Å². The van der Waals surface area contributed by atoms with Gasteiger partial charge in [-0.3, -0.25) is 0 Å². The van der Waals surface area contributed by atoms with Crippen LogP contribution in [0.15, 0.2) is 64.4 Å². The molecule has 0 aromatic heterocycles. The maximum atomic E-state index is 13.1. The summed E-state index contributed by atoms with van der Waals surface area (Å²) in [6.45, 7) is 12.6. The monoisotopic (exact) mass is 481 g/mol. The normalized spacial score (nSPS) is 14.9. The van der Waals surface area contributed by atoms with Gasteiger partial charge in [-0.1, -0.05) is 56.7 Å². The quantitative estimate of drug-likeness (QED) is 0.376. The third-order valence-electron chi connectivity index (χ3n) is 5.73. The van der Waals surface area contributed by atoms with Gasteiger partial charge in [0, 0.05) is 4.90 Å². The highest BCUT2D eigenvalue weighted by molar-refractivity contribution is 8.00. The van der Waals surface area contributed by atoms with E-state index in [1.165, 1.54) is 11.8 Å². The lowest BCUT2D eigenvalue weighted by Gasteiger charge is -2.38. The number of aryl methyl sites for hydroxylation is 1. The number of sulfonamides is 1. The van der Waals surface area contributed by atoms with Gasteiger partial charge in [0.2, 0.25) is 10.0 Å². The van der Waals surface area contributed by atoms with E-state index in [9.17, 15) is 13.5 Å². The first-order valence-corrected chi connectivity index (χ1v) is 15.7. The van der Waals surface area contributed by atoms with Crippen LogP contribution in [0.1, 0.15) is 26.3 Å². The summed E-state index contributed by atoms with van der Waals surface area (Å²) in [7, 11) is -5.87. The summed E-state index contributed by atoms with van der Waals surface area (Å²) in [5.74, 6) is 0. The van der Waals surface area contributed by atoms with E-state index < -0.39 is 29.6 Å². The van der Waals surface area contributed by atoms with Gasteiger partial charge < -0.3 is 9.53 Å². The average molecular weight is 482 g/mol. The summed E-state index contributed by atoms with van der Waals surface area (Å²) in [6.07, 6.45) is 0. The number of aliphatic hydroxyl groups is 1. The van der Waals surface area contributed by atoms with Crippen molar-refractivity contribution < 1.29 is 18.0 Å². The Morgan fingerprint density at radius 2 is 1.65 bits per heavy atom. The SMILES string of the molecule is Cc1ccc(S(=O)(=O)N[C@@H](CO[Si](C)(C)C(C)(C)C)[C@@H](CO)Sc2ccccc2)cc1. The van der Waals surface area contributed by atoms with Crippen LogP contribution in [0.3, 0.4) is 0 Å². The Bertz CT molecular complexity index is 926. The second-order valence-electron chi connectivity index (χ2n) is 9.26. The van der Waals surface area contributed by atoms with Crippen LogP contribution in [0.25, 0.3) is 0 Å². The second kappa shape index (κ2) is 10.6. The fourth-order valence-electron chi connectivity index (χ4n) is 2.64. The van der Waals surface area contributed by atoms with Crippen molar-refractivity contribution in [1.29, 1.82) is 0 Å². The molecule has 0 saturated heterocycles. The van der Waals surface area contributed by atoms with Gasteiger partial charge in [0.15, 0.2) is 8.32 Å². The molecule has 31 heavy (non-hydrogen) atoms. The summed E-state index contributed by atoms with van der Waals surface area (Å²) in [6, 6.07) is 15.8. The van der Waals surface area contributed by atoms with E-state index in [1.54, 1.807) is 24.3 Å². The zero-order valence-corrected chi connectivity index (χ0v) is 21.9. The largest absolute Gasteiger partial charge is 0.415 e. The number of hydrogen-bond acceptors (Lipinski definition) is 5. The van der Waals surface area contributed by atoms with E-state index in [2.05, 4.69) is 38.6 Å². The Balaban J connectivity index is 2.30. The van der Waals surface area contributed by atoms with Crippen molar-refractivity contribution in [2.75, 3.05) is 13.2 Å². The third-order valence-corrected chi connectivity index (χ3v) is 13.1. The van der Waals surface area contributed by atoms with Crippen LogP contribution in [-0.4, -0.2) is 46.3 Å². The van der Waals surface area contributed by atoms with E-state index >= 15 is 0 Å². The van der Waals surface area contributed by atoms with Crippen molar-refractivity contribution >= 4 is 30.1 Å². The number of aliphatic hydroxyl groups excluding tert-OH is 1. The van der Waals surface area contributed by atoms with Crippen LogP contribution in [0.4, 0.5) is 0 Å². The van der Waals surface area contributed by atoms with Gasteiger partial charge in [-0.25, -0.2) is 13.1 Å². The fourth-order valence-corrected chi connectivity index (χ4v) is 6.06. The molecule has 0 heterocycles. The van der Waals surface area contributed by atoms with Crippen LogP contribution in [0.5, 0.6) is 0 Å². The van der Waals surface area contributed by atoms with Gasteiger partial charge in [0.25, 0.3) is 0 Å². The molecule has 0 spiro atoms. The topological polar surface area (TPSA) is 75.6 Å². The predicted molar refractivity (Wildman–Crippen MR) is 132 cm³/mol. The van der Waals surface area contributed by atoms with Crippen LogP contribution in [0, 0.1) is 6.92 Å². The molecule has 8 heteroatoms. The molecular weight excluding hydrogens is 446 g/mol. The standard InChI is InChI=1S/C23H35NO4S2Si/c1-18-12-14-20(15-13-18)30(26,27)24-21(17-28-31(5,6)23(2,3)4)22(16-25)29-19-10-8-7-9-11-19/h7-15,21-22,24-25H,16-17H2,1-6H3/t21-,22+/m0/s1. The molecule has 0 amide bonds. The lowest BCUT2D eigenvalue weighted by atomic mass is 10.2. The summed E-state index contributed by atoms with van der Waals surface area (Å²) in [5, 5.41) is 9.75. The Morgan fingerprint density at radius 1 is 1.06 bits per heavy atom. The highest BCUT2D eigenvalue weighted by Crippen LogP contribution is 2.37. The van der Waals surface area contributed by atoms with E-state index in [-0.39, 0.29) is 23.1 Å². The molecule has 2 atom stereocenters. The number of rotatable bonds is 10. The minimum absolute atomic E-state index is 0.00529. The smallest absolute Gasteiger partial charge is 0.240 e. The molecule has 2 aromatic rings. The summed E-state index contributed by atoms with van der Waals surface area (Å²) < 4.78 is 35.4. The predicted octanol–water partition coefficient (Wildman–Crippen LogP) is 4.82. The number of thioether (sulfide) groups is 1. The van der Waals surface area contributed by atoms with Crippen molar-refractivity contribution in [2.45, 2.75) is 66.9 Å². The number of hydrogen-bond donors (Lipinski definition) is 2. The lowest BCUT2D eigenvalue weighted by molar-refractivity contribution is 0.220. The van der Waals surface area contributed by atoms with Crippen molar-refractivity contribution in [1.82, 2.24) is 4.72 Å². The summed E-state index contributed by atoms with van der Waals surface area (Å²) in [5.41, 5.74) is 0.990. The zero-order chi connectivity index (χ0) is 23.3. The van der Waals surface area contributed by atoms with E-state index in [0.29, 0.717) is 0 Å². The molecule has 0 aliphatic carbocycles. The van der Waals surface area contributed by atoms with Gasteiger partial charge in [-0.15, -0.1) is 11.8 Å². The molecular formula is C23H35NO4S2Si. The summed E-state index contributed by atoms with van der Waals surface area (Å²) in [4.78, 5) is 1.17. The Morgan fingerprint density at radius 3 is 2.16 bits per heavy atom. The zero-order valence-electron chi connectivity index (χ0n) is 19.3. The van der Waals surface area contributed by atoms with E-state index in [4.69, 9.17) is 4.43 Å². The first-order valence-electron chi connectivity index (χ1n) is 10.4. The first-order chi connectivity index (χ1) is 14.4. The van der Waals surface area contributed by atoms with Gasteiger partial charge in [-0.2, -0.15) is 0 Å². The maximum Gasteiger partial charge on any atom is 0.240 e. The number of nitrogens with one attached hydrogen (secondary N) is 1. The van der Waals surface area contributed by atoms with Crippen molar-refractivity contribution in [3.8, 4) is 0 Å². The van der Waals surface area contributed by atoms with Crippen molar-refractivity contribution in [3.05, 3.63) is 60.2 Å². The van der Waals surface area contributed by atoms with E-state index in [1.807, 2.05) is 37.3 Å². The van der Waals surface area contributed by atoms with Crippen LogP contribution in [-0.2, 0) is 14.4 Å². The van der Waals surface area contributed by atoms with Gasteiger partial charge >= 0.3 is 0 Å². The van der Waals surface area contributed by atoms with Crippen molar-refractivity contribution in [2.24, 2.45) is 0 Å². The first kappa shape index (κ1) is 26.1. The molecule has 172 valence electrons. The van der Waals surface area contributed by atoms with Gasteiger partial charge in [0.1, 0.15) is 0 Å². The molecule has 0 saturated carbocycles. The molecule has 0 radical (unpaired) electrons. The highest BCUT2D eigenvalue weighted by Gasteiger charge is 2.39. The molecule has 0 aliphatic rings. The maximum absolute atomic E-state index is 13.1. The number of benzene rings is 2. The van der Waals surface area contributed by atoms with E-state index in [0.717, 1.165) is 10.5 Å². The molecule has 0 fully saturated rings. The fraction of sp³-hybridized carbons (Fsp3) is 0.478. The van der Waals surface area contributed by atoms with Crippen LogP contribution in [0.2, 0.25) is 18.1 Å². The van der Waals surface area contributed by atoms with Crippen LogP contribution < -0.4 is 4.72 Å². The molecule has 2 N–H and O–H groups in total. The molecule has 0 aliphatic heterocycles. The Labute approximate surface area is 192 Å². The molecule has 2 rings (SSSR count). The average Bonchev–Trinajstić information content (AvgIpc) is 2.69. The molecule has 0 unspecified atom stereocenters. The van der Waals surface area contributed by atoms with Crippen molar-refractivity contribution in [3.63, 3.8) is 0 Å². The molecule has 2 aromatic carbocycles. The second-order valence-corrected chi connectivity index (χ2v) is 17.1. The molecule has 0 bridgehead atoms. The van der Waals surface area contributed by atoms with Gasteiger partial charge in [0.05, 0.1) is 29.4 Å². The minimum atomic E-state index is -3.77. The Kier molecular flexibility index (Phi) is 8.95. The molecule has 5 nitrogen and oxygen atoms in total. The Hall–Kier alpha value is -1.16. The van der Waals surface area contributed by atoms with Gasteiger partial charge in [-0.05, 0) is 49.3 Å².